The van der Waals surface area contributed by atoms with Crippen LogP contribution in [0, 0.1) is 0 Å². The van der Waals surface area contributed by atoms with Gasteiger partial charge < -0.3 is 19.3 Å². The van der Waals surface area contributed by atoms with Gasteiger partial charge in [-0.15, -0.1) is 0 Å². The molecule has 0 saturated carbocycles. The molecule has 0 fully saturated rings. The summed E-state index contributed by atoms with van der Waals surface area (Å²) in [6, 6.07) is 12.6. The van der Waals surface area contributed by atoms with Gasteiger partial charge in [0.2, 0.25) is 0 Å². The Hall–Kier alpha value is -2.35. The van der Waals surface area contributed by atoms with Crippen molar-refractivity contribution in [3.63, 3.8) is 0 Å². The number of aliphatic imine (C=N–C) groups is 1. The Morgan fingerprint density at radius 1 is 0.960 bits per heavy atom. The molecule has 0 bridgehead atoms. The normalized spacial score (nSPS) is 11.1. The molecule has 0 aromatic heterocycles. The molecule has 0 aliphatic rings. The fraction of sp³-hybridized carbons (Fsp3) is 0.211. The molecule has 2 aromatic carbocycles. The number of ether oxygens (including phenoxy) is 3. The van der Waals surface area contributed by atoms with Gasteiger partial charge in [-0.25, -0.2) is 0 Å². The van der Waals surface area contributed by atoms with Crippen molar-refractivity contribution < 1.29 is 38.2 Å². The number of hydrogen-bond acceptors (Lipinski definition) is 5. The molecular weight excluding hydrogens is 313 g/mol. The molecule has 5 nitrogen and oxygen atoms in total. The van der Waals surface area contributed by atoms with E-state index in [1.807, 2.05) is 24.3 Å². The van der Waals surface area contributed by atoms with Crippen molar-refractivity contribution in [1.82, 2.24) is 0 Å². The van der Waals surface area contributed by atoms with Crippen molar-refractivity contribution in [2.45, 2.75) is 6.42 Å². The third kappa shape index (κ3) is 6.22. The first-order valence-corrected chi connectivity index (χ1v) is 7.43. The van der Waals surface area contributed by atoms with E-state index in [-0.39, 0.29) is 31.2 Å². The van der Waals surface area contributed by atoms with Crippen LogP contribution in [0.2, 0.25) is 0 Å². The molecule has 0 aliphatic carbocycles. The minimum atomic E-state index is -0.211. The predicted octanol–water partition coefficient (Wildman–Crippen LogP) is 0.210. The number of rotatable bonds is 7. The average molecular weight is 333 g/mol. The van der Waals surface area contributed by atoms with Gasteiger partial charge in [0.15, 0.2) is 11.5 Å². The summed E-state index contributed by atoms with van der Waals surface area (Å²) in [7, 11) is 4.77. The molecule has 0 unspecified atom stereocenters. The summed E-state index contributed by atoms with van der Waals surface area (Å²) < 4.78 is 15.5. The summed E-state index contributed by atoms with van der Waals surface area (Å²) in [4.78, 5) is 4.04. The predicted molar refractivity (Wildman–Crippen MR) is 93.3 cm³/mol. The Labute approximate surface area is 160 Å². The van der Waals surface area contributed by atoms with Crippen LogP contribution in [-0.2, 0) is 0 Å². The van der Waals surface area contributed by atoms with Crippen LogP contribution in [0.3, 0.4) is 0 Å². The molecule has 0 heterocycles. The van der Waals surface area contributed by atoms with Crippen LogP contribution < -0.4 is 38.2 Å². The van der Waals surface area contributed by atoms with E-state index in [2.05, 4.69) is 4.99 Å². The standard InChI is InChI=1S/C19H21NO4.Li/c1-22-16-10-8-15(9-11-16)20-19(21)6-4-5-14-7-12-17(23-2)18(13-14)24-3;/h4-5,7-13H,6H2,1-3H3,(H,20,21);/q;+1/p-1/b5-4+;. The Morgan fingerprint density at radius 2 is 1.64 bits per heavy atom. The molecule has 0 radical (unpaired) electrons. The molecule has 2 rings (SSSR count). The third-order valence-electron chi connectivity index (χ3n) is 3.34. The number of benzene rings is 2. The zero-order valence-electron chi connectivity index (χ0n) is 15.0. The molecule has 0 N–H and O–H groups in total. The molecule has 0 aliphatic heterocycles. The van der Waals surface area contributed by atoms with E-state index in [0.29, 0.717) is 17.2 Å². The van der Waals surface area contributed by atoms with Crippen LogP contribution in [0.25, 0.3) is 6.08 Å². The third-order valence-corrected chi connectivity index (χ3v) is 3.34. The van der Waals surface area contributed by atoms with E-state index in [1.54, 1.807) is 51.7 Å². The maximum atomic E-state index is 11.9. The molecule has 6 heteroatoms. The fourth-order valence-corrected chi connectivity index (χ4v) is 2.10. The molecule has 0 atom stereocenters. The van der Waals surface area contributed by atoms with E-state index in [9.17, 15) is 5.11 Å². The van der Waals surface area contributed by atoms with Crippen molar-refractivity contribution >= 4 is 17.7 Å². The molecule has 0 spiro atoms. The van der Waals surface area contributed by atoms with E-state index in [0.717, 1.165) is 11.3 Å². The summed E-state index contributed by atoms with van der Waals surface area (Å²) in [6.45, 7) is 0. The van der Waals surface area contributed by atoms with Gasteiger partial charge >= 0.3 is 18.9 Å². The average Bonchev–Trinajstić information content (AvgIpc) is 2.62. The number of nitrogens with zero attached hydrogens (tertiary/aromatic N) is 1. The zero-order valence-corrected chi connectivity index (χ0v) is 15.0. The summed E-state index contributed by atoms with van der Waals surface area (Å²) in [5.41, 5.74) is 1.53. The summed E-state index contributed by atoms with van der Waals surface area (Å²) >= 11 is 0. The minimum absolute atomic E-state index is 0. The second-order valence-corrected chi connectivity index (χ2v) is 4.92. The first-order valence-electron chi connectivity index (χ1n) is 7.43. The first-order chi connectivity index (χ1) is 11.7. The quantitative estimate of drug-likeness (QED) is 0.413. The van der Waals surface area contributed by atoms with Crippen LogP contribution in [0.15, 0.2) is 53.5 Å². The summed E-state index contributed by atoms with van der Waals surface area (Å²) in [6.07, 6.45) is 3.85. The molecule has 126 valence electrons. The monoisotopic (exact) mass is 333 g/mol. The molecular formula is C19H20LiNO4. The van der Waals surface area contributed by atoms with Crippen LogP contribution in [0.5, 0.6) is 17.2 Å². The summed E-state index contributed by atoms with van der Waals surface area (Å²) in [5.74, 6) is 1.83. The van der Waals surface area contributed by atoms with E-state index >= 15 is 0 Å². The number of methoxy groups -OCH3 is 3. The van der Waals surface area contributed by atoms with Crippen molar-refractivity contribution in [2.24, 2.45) is 4.99 Å². The van der Waals surface area contributed by atoms with Crippen LogP contribution in [0.1, 0.15) is 12.0 Å². The van der Waals surface area contributed by atoms with Crippen molar-refractivity contribution in [3.05, 3.63) is 54.1 Å². The van der Waals surface area contributed by atoms with Gasteiger partial charge in [0.1, 0.15) is 5.75 Å². The zero-order chi connectivity index (χ0) is 17.4. The summed E-state index contributed by atoms with van der Waals surface area (Å²) in [5, 5.41) is 11.9. The minimum Gasteiger partial charge on any atom is -0.861 e. The second-order valence-electron chi connectivity index (χ2n) is 4.92. The van der Waals surface area contributed by atoms with Crippen LogP contribution >= 0.6 is 0 Å². The Bertz CT molecular complexity index is 727. The van der Waals surface area contributed by atoms with Gasteiger partial charge in [0.25, 0.3) is 0 Å². The van der Waals surface area contributed by atoms with E-state index in [4.69, 9.17) is 14.2 Å². The van der Waals surface area contributed by atoms with E-state index in [1.165, 1.54) is 0 Å². The number of hydrogen-bond donors (Lipinski definition) is 0. The van der Waals surface area contributed by atoms with Gasteiger partial charge in [-0.3, -0.25) is 4.99 Å². The SMILES string of the molecule is COc1ccc(N=C([O-])C/C=C/c2ccc(OC)c(OC)c2)cc1.[Li+]. The maximum Gasteiger partial charge on any atom is 1.00 e. The fourth-order valence-electron chi connectivity index (χ4n) is 2.10. The first kappa shape index (κ1) is 20.7. The largest absolute Gasteiger partial charge is 1.00 e. The smallest absolute Gasteiger partial charge is 0.861 e. The van der Waals surface area contributed by atoms with Gasteiger partial charge in [0.05, 0.1) is 27.0 Å². The Kier molecular flexibility index (Phi) is 8.69. The molecule has 2 aromatic rings. The molecule has 0 amide bonds. The maximum absolute atomic E-state index is 11.9. The van der Waals surface area contributed by atoms with Crippen LogP contribution in [-0.4, -0.2) is 27.2 Å². The molecule has 25 heavy (non-hydrogen) atoms. The Balaban J connectivity index is 0.00000312. The van der Waals surface area contributed by atoms with Gasteiger partial charge in [-0.05, 0) is 54.3 Å². The van der Waals surface area contributed by atoms with Crippen molar-refractivity contribution in [2.75, 3.05) is 21.3 Å². The Morgan fingerprint density at radius 3 is 2.24 bits per heavy atom. The van der Waals surface area contributed by atoms with Crippen LogP contribution in [0.4, 0.5) is 5.69 Å². The topological polar surface area (TPSA) is 63.1 Å². The van der Waals surface area contributed by atoms with Crippen molar-refractivity contribution in [1.29, 1.82) is 0 Å². The molecule has 0 saturated heterocycles. The van der Waals surface area contributed by atoms with Gasteiger partial charge in [0, 0.05) is 0 Å². The van der Waals surface area contributed by atoms with Crippen molar-refractivity contribution in [3.8, 4) is 17.2 Å². The second kappa shape index (κ2) is 10.5. The van der Waals surface area contributed by atoms with Gasteiger partial charge in [-0.2, -0.15) is 0 Å². The van der Waals surface area contributed by atoms with Gasteiger partial charge in [-0.1, -0.05) is 18.2 Å². The van der Waals surface area contributed by atoms with E-state index < -0.39 is 0 Å².